The topological polar surface area (TPSA) is 133 Å². The lowest BCUT2D eigenvalue weighted by molar-refractivity contribution is -0.151. The van der Waals surface area contributed by atoms with Crippen molar-refractivity contribution in [2.24, 2.45) is 11.5 Å². The molecule has 0 aromatic heterocycles. The maximum absolute atomic E-state index is 12.5. The highest BCUT2D eigenvalue weighted by Crippen LogP contribution is 2.40. The molecule has 0 unspecified atom stereocenters. The summed E-state index contributed by atoms with van der Waals surface area (Å²) in [6.45, 7) is 2.09. The number of aliphatic carboxylic acids is 1. The Morgan fingerprint density at radius 2 is 1.87 bits per heavy atom. The summed E-state index contributed by atoms with van der Waals surface area (Å²) >= 11 is 1.47. The fourth-order valence-corrected chi connectivity index (χ4v) is 4.17. The Morgan fingerprint density at radius 1 is 1.30 bits per heavy atom. The van der Waals surface area contributed by atoms with Crippen LogP contribution in [0.1, 0.15) is 45.4 Å². The average molecular weight is 346 g/mol. The monoisotopic (exact) mass is 346 g/mol. The average Bonchev–Trinajstić information content (AvgIpc) is 2.51. The largest absolute Gasteiger partial charge is 0.481 e. The molecular weight excluding hydrogens is 320 g/mol. The molecule has 2 atom stereocenters. The fourth-order valence-electron chi connectivity index (χ4n) is 2.76. The first-order valence-electron chi connectivity index (χ1n) is 7.67. The first-order chi connectivity index (χ1) is 10.6. The molecule has 1 aliphatic carbocycles. The van der Waals surface area contributed by atoms with Gasteiger partial charge in [-0.1, -0.05) is 26.2 Å². The van der Waals surface area contributed by atoms with Crippen molar-refractivity contribution in [2.45, 2.75) is 61.8 Å². The second-order valence-corrected chi connectivity index (χ2v) is 7.89. The van der Waals surface area contributed by atoms with Crippen LogP contribution in [0, 0.1) is 0 Å². The van der Waals surface area contributed by atoms with Gasteiger partial charge in [-0.2, -0.15) is 11.8 Å². The van der Waals surface area contributed by atoms with Crippen molar-refractivity contribution >= 4 is 29.5 Å². The Labute approximate surface area is 140 Å². The van der Waals surface area contributed by atoms with Gasteiger partial charge in [-0.3, -0.25) is 9.59 Å². The number of carbonyl (C=O) groups is 3. The number of carbonyl (C=O) groups excluding carboxylic acids is 2. The highest BCUT2D eigenvalue weighted by molar-refractivity contribution is 8.00. The van der Waals surface area contributed by atoms with Gasteiger partial charge in [0.1, 0.15) is 0 Å². The van der Waals surface area contributed by atoms with E-state index in [4.69, 9.17) is 16.6 Å². The van der Waals surface area contributed by atoms with E-state index in [0.29, 0.717) is 0 Å². The molecule has 7 nitrogen and oxygen atoms in total. The smallest absolute Gasteiger partial charge is 0.334 e. The maximum Gasteiger partial charge on any atom is 0.334 e. The molecule has 0 bridgehead atoms. The third kappa shape index (κ3) is 5.19. The first-order valence-corrected chi connectivity index (χ1v) is 8.66. The number of rotatable bonds is 8. The summed E-state index contributed by atoms with van der Waals surface area (Å²) in [4.78, 5) is 35.3. The summed E-state index contributed by atoms with van der Waals surface area (Å²) in [5.41, 5.74) is 9.72. The summed E-state index contributed by atoms with van der Waals surface area (Å²) < 4.78 is 4.62. The van der Waals surface area contributed by atoms with Gasteiger partial charge in [-0.25, -0.2) is 4.79 Å². The van der Waals surface area contributed by atoms with Gasteiger partial charge in [-0.05, 0) is 12.8 Å². The summed E-state index contributed by atoms with van der Waals surface area (Å²) in [5, 5.41) is 8.77. The highest BCUT2D eigenvalue weighted by atomic mass is 32.2. The van der Waals surface area contributed by atoms with Crippen LogP contribution in [-0.4, -0.2) is 52.0 Å². The van der Waals surface area contributed by atoms with E-state index in [-0.39, 0.29) is 10.5 Å². The quantitative estimate of drug-likeness (QED) is 0.432. The molecule has 1 saturated carbocycles. The molecule has 0 saturated heterocycles. The van der Waals surface area contributed by atoms with Gasteiger partial charge >= 0.3 is 11.9 Å². The van der Waals surface area contributed by atoms with Gasteiger partial charge in [0, 0.05) is 10.5 Å². The molecule has 5 N–H and O–H groups in total. The van der Waals surface area contributed by atoms with Crippen molar-refractivity contribution in [2.75, 3.05) is 12.9 Å². The molecule has 23 heavy (non-hydrogen) atoms. The van der Waals surface area contributed by atoms with E-state index in [1.54, 1.807) is 0 Å². The van der Waals surface area contributed by atoms with Crippen LogP contribution in [0.25, 0.3) is 0 Å². The molecule has 0 heterocycles. The van der Waals surface area contributed by atoms with E-state index in [1.807, 2.05) is 0 Å². The van der Waals surface area contributed by atoms with E-state index < -0.39 is 35.7 Å². The molecule has 1 aliphatic rings. The molecule has 0 aliphatic heterocycles. The summed E-state index contributed by atoms with van der Waals surface area (Å²) in [5.74, 6) is -2.86. The van der Waals surface area contributed by atoms with Gasteiger partial charge in [0.05, 0.1) is 19.6 Å². The molecule has 0 aromatic carbocycles. The molecule has 1 rings (SSSR count). The Kier molecular flexibility index (Phi) is 7.03. The van der Waals surface area contributed by atoms with Crippen LogP contribution >= 0.6 is 11.8 Å². The number of hydrogen-bond acceptors (Lipinski definition) is 7. The molecule has 0 amide bonds. The van der Waals surface area contributed by atoms with E-state index in [2.05, 4.69) is 11.7 Å². The standard InChI is InChI=1S/C15H26N2O5S/c1-14(6-4-3-5-7-14)23-9-15(17,13(21)22-2)12(20)10(16)8-11(18)19/h10H,3-9,16-17H2,1-2H3,(H,18,19)/t10-,15+/m0/s1. The van der Waals surface area contributed by atoms with E-state index >= 15 is 0 Å². The third-order valence-corrected chi connectivity index (χ3v) is 5.99. The van der Waals surface area contributed by atoms with Crippen molar-refractivity contribution in [1.29, 1.82) is 0 Å². The predicted molar refractivity (Wildman–Crippen MR) is 88.1 cm³/mol. The molecule has 0 radical (unpaired) electrons. The molecule has 0 spiro atoms. The minimum absolute atomic E-state index is 0.0301. The van der Waals surface area contributed by atoms with Crippen LogP contribution < -0.4 is 11.5 Å². The number of nitrogens with two attached hydrogens (primary N) is 2. The lowest BCUT2D eigenvalue weighted by Crippen LogP contribution is -2.63. The van der Waals surface area contributed by atoms with Gasteiger partial charge in [0.2, 0.25) is 0 Å². The number of methoxy groups -OCH3 is 1. The normalized spacial score (nSPS) is 21.0. The number of esters is 1. The highest BCUT2D eigenvalue weighted by Gasteiger charge is 2.47. The van der Waals surface area contributed by atoms with Crippen LogP contribution in [-0.2, 0) is 19.1 Å². The molecule has 132 valence electrons. The Balaban J connectivity index is 2.87. The summed E-state index contributed by atoms with van der Waals surface area (Å²) in [6, 6.07) is -1.34. The number of carboxylic acids is 1. The van der Waals surface area contributed by atoms with Crippen LogP contribution in [0.15, 0.2) is 0 Å². The zero-order valence-electron chi connectivity index (χ0n) is 13.7. The van der Waals surface area contributed by atoms with Gasteiger partial charge in [0.15, 0.2) is 11.3 Å². The minimum Gasteiger partial charge on any atom is -0.481 e. The van der Waals surface area contributed by atoms with Crippen molar-refractivity contribution in [3.05, 3.63) is 0 Å². The third-order valence-electron chi connectivity index (χ3n) is 4.28. The fraction of sp³-hybridized carbons (Fsp3) is 0.800. The second kappa shape index (κ2) is 8.12. The zero-order chi connectivity index (χ0) is 17.7. The van der Waals surface area contributed by atoms with Crippen LogP contribution in [0.3, 0.4) is 0 Å². The maximum atomic E-state index is 12.5. The lowest BCUT2D eigenvalue weighted by Gasteiger charge is -2.36. The Hall–Kier alpha value is -1.12. The van der Waals surface area contributed by atoms with Crippen molar-refractivity contribution < 1.29 is 24.2 Å². The second-order valence-electron chi connectivity index (χ2n) is 6.33. The summed E-state index contributed by atoms with van der Waals surface area (Å²) in [7, 11) is 1.15. The van der Waals surface area contributed by atoms with Crippen molar-refractivity contribution in [3.63, 3.8) is 0 Å². The SMILES string of the molecule is COC(=O)[C@@](N)(CSC1(C)CCCCC1)C(=O)[C@@H](N)CC(=O)O. The van der Waals surface area contributed by atoms with Gasteiger partial charge in [0.25, 0.3) is 0 Å². The molecule has 1 fully saturated rings. The Morgan fingerprint density at radius 3 is 2.35 bits per heavy atom. The molecule has 8 heteroatoms. The first kappa shape index (κ1) is 19.9. The number of carboxylic acid groups (broad SMARTS) is 1. The molecular formula is C15H26N2O5S. The van der Waals surface area contributed by atoms with Crippen LogP contribution in [0.2, 0.25) is 0 Å². The predicted octanol–water partition coefficient (Wildman–Crippen LogP) is 0.684. The number of thioether (sulfide) groups is 1. The summed E-state index contributed by atoms with van der Waals surface area (Å²) in [6.07, 6.45) is 4.80. The zero-order valence-corrected chi connectivity index (χ0v) is 14.5. The Bertz CT molecular complexity index is 465. The molecule has 0 aromatic rings. The van der Waals surface area contributed by atoms with E-state index in [0.717, 1.165) is 32.8 Å². The lowest BCUT2D eigenvalue weighted by atomic mass is 9.90. The number of ether oxygens (including phenoxy) is 1. The van der Waals surface area contributed by atoms with E-state index in [9.17, 15) is 14.4 Å². The number of Topliss-reactive ketones (excluding diaryl/α,β-unsaturated/α-hetero) is 1. The van der Waals surface area contributed by atoms with Crippen molar-refractivity contribution in [3.8, 4) is 0 Å². The minimum atomic E-state index is -1.92. The van der Waals surface area contributed by atoms with Gasteiger partial charge in [-0.15, -0.1) is 0 Å². The number of ketones is 1. The van der Waals surface area contributed by atoms with Crippen LogP contribution in [0.4, 0.5) is 0 Å². The van der Waals surface area contributed by atoms with Crippen LogP contribution in [0.5, 0.6) is 0 Å². The van der Waals surface area contributed by atoms with E-state index in [1.165, 1.54) is 18.2 Å². The number of hydrogen-bond donors (Lipinski definition) is 3. The van der Waals surface area contributed by atoms with Crippen molar-refractivity contribution in [1.82, 2.24) is 0 Å². The van der Waals surface area contributed by atoms with Gasteiger partial charge < -0.3 is 21.3 Å².